The van der Waals surface area contributed by atoms with E-state index in [1.807, 2.05) is 0 Å². The van der Waals surface area contributed by atoms with Crippen LogP contribution in [0, 0.1) is 11.8 Å². The Kier molecular flexibility index (Phi) is 8.17. The van der Waals surface area contributed by atoms with E-state index < -0.39 is 0 Å². The quantitative estimate of drug-likeness (QED) is 0.428. The maximum atomic E-state index is 5.89. The van der Waals surface area contributed by atoms with Crippen LogP contribution >= 0.6 is 24.0 Å². The summed E-state index contributed by atoms with van der Waals surface area (Å²) in [6, 6.07) is 0. The zero-order chi connectivity index (χ0) is 13.7. The number of halogens is 1. The molecular weight excluding hydrogens is 365 g/mol. The molecule has 20 heavy (non-hydrogen) atoms. The van der Waals surface area contributed by atoms with Gasteiger partial charge in [-0.05, 0) is 57.8 Å². The van der Waals surface area contributed by atoms with Crippen molar-refractivity contribution in [1.82, 2.24) is 5.32 Å². The molecule has 2 aliphatic rings. The highest BCUT2D eigenvalue weighted by Gasteiger charge is 2.23. The van der Waals surface area contributed by atoms with E-state index in [9.17, 15) is 0 Å². The van der Waals surface area contributed by atoms with E-state index in [2.05, 4.69) is 24.2 Å². The zero-order valence-corrected chi connectivity index (χ0v) is 15.1. The first-order chi connectivity index (χ1) is 9.13. The molecule has 2 fully saturated rings. The zero-order valence-electron chi connectivity index (χ0n) is 12.8. The van der Waals surface area contributed by atoms with Gasteiger partial charge in [0, 0.05) is 13.1 Å². The Labute approximate surface area is 140 Å². The topological polar surface area (TPSA) is 59.6 Å². The van der Waals surface area contributed by atoms with Crippen molar-refractivity contribution >= 4 is 29.9 Å². The van der Waals surface area contributed by atoms with Crippen LogP contribution in [0.2, 0.25) is 0 Å². The van der Waals surface area contributed by atoms with Crippen molar-refractivity contribution in [2.45, 2.75) is 64.6 Å². The summed E-state index contributed by atoms with van der Waals surface area (Å²) in [6.07, 6.45) is 8.34. The lowest BCUT2D eigenvalue weighted by molar-refractivity contribution is -0.0530. The van der Waals surface area contributed by atoms with E-state index in [-0.39, 0.29) is 24.0 Å². The highest BCUT2D eigenvalue weighted by atomic mass is 127. The van der Waals surface area contributed by atoms with Gasteiger partial charge in [-0.25, -0.2) is 0 Å². The van der Waals surface area contributed by atoms with E-state index in [0.717, 1.165) is 31.3 Å². The second kappa shape index (κ2) is 9.07. The van der Waals surface area contributed by atoms with Crippen LogP contribution in [0.3, 0.4) is 0 Å². The Hall–Kier alpha value is -0.0400. The lowest BCUT2D eigenvalue weighted by atomic mass is 9.86. The molecule has 118 valence electrons. The number of hydrogen-bond acceptors (Lipinski definition) is 2. The summed E-state index contributed by atoms with van der Waals surface area (Å²) in [7, 11) is 0. The molecule has 2 unspecified atom stereocenters. The number of aliphatic imine (C=N–C) groups is 1. The van der Waals surface area contributed by atoms with E-state index in [1.54, 1.807) is 0 Å². The summed E-state index contributed by atoms with van der Waals surface area (Å²) in [5.74, 6) is 2.17. The monoisotopic (exact) mass is 395 g/mol. The van der Waals surface area contributed by atoms with Gasteiger partial charge in [0.15, 0.2) is 5.96 Å². The van der Waals surface area contributed by atoms with Crippen LogP contribution in [-0.4, -0.2) is 31.3 Å². The van der Waals surface area contributed by atoms with Gasteiger partial charge < -0.3 is 15.8 Å². The molecule has 0 aromatic carbocycles. The van der Waals surface area contributed by atoms with Gasteiger partial charge in [0.1, 0.15) is 0 Å². The average Bonchev–Trinajstić information content (AvgIpc) is 2.25. The summed E-state index contributed by atoms with van der Waals surface area (Å²) >= 11 is 0. The minimum absolute atomic E-state index is 0. The Morgan fingerprint density at radius 1 is 1.20 bits per heavy atom. The first-order valence-corrected chi connectivity index (χ1v) is 7.82. The molecule has 0 spiro atoms. The van der Waals surface area contributed by atoms with Crippen molar-refractivity contribution in [3.63, 3.8) is 0 Å². The van der Waals surface area contributed by atoms with Crippen molar-refractivity contribution in [3.05, 3.63) is 0 Å². The number of rotatable bonds is 5. The summed E-state index contributed by atoms with van der Waals surface area (Å²) in [4.78, 5) is 4.42. The molecule has 2 atom stereocenters. The second-order valence-corrected chi connectivity index (χ2v) is 6.33. The molecule has 0 radical (unpaired) electrons. The molecule has 0 aromatic heterocycles. The molecule has 1 saturated heterocycles. The third kappa shape index (κ3) is 6.16. The van der Waals surface area contributed by atoms with Gasteiger partial charge in [0.25, 0.3) is 0 Å². The van der Waals surface area contributed by atoms with Gasteiger partial charge in [0.05, 0.1) is 12.2 Å². The molecule has 0 bridgehead atoms. The van der Waals surface area contributed by atoms with Gasteiger partial charge >= 0.3 is 0 Å². The Bertz CT molecular complexity index is 297. The van der Waals surface area contributed by atoms with E-state index in [1.165, 1.54) is 32.1 Å². The predicted molar refractivity (Wildman–Crippen MR) is 94.6 cm³/mol. The second-order valence-electron chi connectivity index (χ2n) is 6.33. The Balaban J connectivity index is 0.00000200. The molecule has 1 aliphatic heterocycles. The number of ether oxygens (including phenoxy) is 1. The maximum Gasteiger partial charge on any atom is 0.188 e. The molecule has 4 nitrogen and oxygen atoms in total. The van der Waals surface area contributed by atoms with Crippen molar-refractivity contribution in [1.29, 1.82) is 0 Å². The number of nitrogens with zero attached hydrogens (tertiary/aromatic N) is 1. The first-order valence-electron chi connectivity index (χ1n) is 7.82. The maximum absolute atomic E-state index is 5.89. The standard InChI is InChI=1S/C15H29N3O.HI/c1-11-8-14(9-12(2)19-11)6-7-17-15(16)18-10-13-4-3-5-13;/h11-14H,3-10H2,1-2H3,(H3,16,17,18);1H. The normalized spacial score (nSPS) is 31.3. The fourth-order valence-corrected chi connectivity index (χ4v) is 3.14. The van der Waals surface area contributed by atoms with Crippen LogP contribution in [0.15, 0.2) is 4.99 Å². The van der Waals surface area contributed by atoms with Gasteiger partial charge in [-0.2, -0.15) is 0 Å². The number of guanidine groups is 1. The SMILES string of the molecule is CC1CC(CCNC(N)=NCC2CCC2)CC(C)O1.I. The fourth-order valence-electron chi connectivity index (χ4n) is 3.14. The molecule has 2 rings (SSSR count). The molecule has 1 aliphatic carbocycles. The summed E-state index contributed by atoms with van der Waals surface area (Å²) in [6.45, 7) is 6.18. The van der Waals surface area contributed by atoms with Gasteiger partial charge in [-0.15, -0.1) is 24.0 Å². The number of nitrogens with two attached hydrogens (primary N) is 1. The molecule has 5 heteroatoms. The van der Waals surface area contributed by atoms with Crippen LogP contribution in [0.5, 0.6) is 0 Å². The van der Waals surface area contributed by atoms with Crippen LogP contribution in [0.25, 0.3) is 0 Å². The Morgan fingerprint density at radius 2 is 1.85 bits per heavy atom. The summed E-state index contributed by atoms with van der Waals surface area (Å²) in [5.41, 5.74) is 5.89. The van der Waals surface area contributed by atoms with Crippen molar-refractivity contribution in [3.8, 4) is 0 Å². The third-order valence-corrected chi connectivity index (χ3v) is 4.40. The average molecular weight is 395 g/mol. The fraction of sp³-hybridized carbons (Fsp3) is 0.933. The molecule has 0 amide bonds. The van der Waals surface area contributed by atoms with Gasteiger partial charge in [-0.3, -0.25) is 4.99 Å². The van der Waals surface area contributed by atoms with Crippen LogP contribution in [0.1, 0.15) is 52.4 Å². The largest absolute Gasteiger partial charge is 0.376 e. The third-order valence-electron chi connectivity index (χ3n) is 4.40. The predicted octanol–water partition coefficient (Wildman–Crippen LogP) is 2.90. The summed E-state index contributed by atoms with van der Waals surface area (Å²) < 4.78 is 5.76. The minimum Gasteiger partial charge on any atom is -0.376 e. The van der Waals surface area contributed by atoms with Crippen LogP contribution in [-0.2, 0) is 4.74 Å². The molecule has 1 heterocycles. The highest BCUT2D eigenvalue weighted by Crippen LogP contribution is 2.27. The smallest absolute Gasteiger partial charge is 0.188 e. The number of hydrogen-bond donors (Lipinski definition) is 2. The molecule has 0 aromatic rings. The van der Waals surface area contributed by atoms with Crippen LogP contribution < -0.4 is 11.1 Å². The van der Waals surface area contributed by atoms with E-state index >= 15 is 0 Å². The van der Waals surface area contributed by atoms with Gasteiger partial charge in [-0.1, -0.05) is 6.42 Å². The van der Waals surface area contributed by atoms with E-state index in [4.69, 9.17) is 10.5 Å². The molecular formula is C15H30IN3O. The van der Waals surface area contributed by atoms with Crippen molar-refractivity contribution in [2.24, 2.45) is 22.6 Å². The van der Waals surface area contributed by atoms with E-state index in [0.29, 0.717) is 18.2 Å². The lowest BCUT2D eigenvalue weighted by Gasteiger charge is -2.32. The Morgan fingerprint density at radius 3 is 2.40 bits per heavy atom. The minimum atomic E-state index is 0. The van der Waals surface area contributed by atoms with Gasteiger partial charge in [0.2, 0.25) is 0 Å². The van der Waals surface area contributed by atoms with Crippen molar-refractivity contribution < 1.29 is 4.74 Å². The van der Waals surface area contributed by atoms with Crippen LogP contribution in [0.4, 0.5) is 0 Å². The number of nitrogens with one attached hydrogen (secondary N) is 1. The lowest BCUT2D eigenvalue weighted by Crippen LogP contribution is -2.36. The van der Waals surface area contributed by atoms with Crippen molar-refractivity contribution in [2.75, 3.05) is 13.1 Å². The summed E-state index contributed by atoms with van der Waals surface area (Å²) in [5, 5.41) is 3.25. The molecule has 1 saturated carbocycles. The highest BCUT2D eigenvalue weighted by molar-refractivity contribution is 14.0. The first kappa shape index (κ1) is 18.0. The molecule has 3 N–H and O–H groups in total.